The van der Waals surface area contributed by atoms with Crippen molar-refractivity contribution < 1.29 is 19.8 Å². The molecule has 1 unspecified atom stereocenters. The molecule has 30 heavy (non-hydrogen) atoms. The Morgan fingerprint density at radius 3 is 2.77 bits per heavy atom. The number of aliphatic hydroxyl groups excluding tert-OH is 1. The Kier molecular flexibility index (Phi) is 8.85. The van der Waals surface area contributed by atoms with E-state index >= 15 is 0 Å². The van der Waals surface area contributed by atoms with Crippen molar-refractivity contribution in [3.05, 3.63) is 60.2 Å². The molecule has 1 saturated carbocycles. The van der Waals surface area contributed by atoms with Crippen molar-refractivity contribution in [3.63, 3.8) is 0 Å². The van der Waals surface area contributed by atoms with Gasteiger partial charge in [-0.1, -0.05) is 54.6 Å². The van der Waals surface area contributed by atoms with E-state index in [1.165, 1.54) is 22.5 Å². The molecule has 0 aliphatic heterocycles. The van der Waals surface area contributed by atoms with Gasteiger partial charge in [0.05, 0.1) is 17.1 Å². The van der Waals surface area contributed by atoms with Gasteiger partial charge in [-0.15, -0.1) is 11.8 Å². The smallest absolute Gasteiger partial charge is 0.313 e. The summed E-state index contributed by atoms with van der Waals surface area (Å²) in [5.74, 6) is 1.45. The first-order valence-corrected chi connectivity index (χ1v) is 12.5. The van der Waals surface area contributed by atoms with Crippen LogP contribution in [0.3, 0.4) is 0 Å². The van der Waals surface area contributed by atoms with Crippen LogP contribution in [-0.4, -0.2) is 50.6 Å². The molecule has 0 radical (unpaired) electrons. The minimum Gasteiger partial charge on any atom is -0.481 e. The summed E-state index contributed by atoms with van der Waals surface area (Å²) in [5.41, 5.74) is 1.10. The second-order valence-electron chi connectivity index (χ2n) is 7.60. The fourth-order valence-electron chi connectivity index (χ4n) is 3.73. The average molecular weight is 445 g/mol. The molecule has 0 bridgehead atoms. The molecule has 0 saturated heterocycles. The number of ketones is 1. The van der Waals surface area contributed by atoms with Crippen LogP contribution >= 0.6 is 23.5 Å². The maximum absolute atomic E-state index is 12.3. The van der Waals surface area contributed by atoms with Crippen molar-refractivity contribution in [3.8, 4) is 0 Å². The van der Waals surface area contributed by atoms with Crippen molar-refractivity contribution in [1.82, 2.24) is 0 Å². The standard InChI is InChI=1S/C24H28O4S2/c25-21(15-17-6-7-18-4-1-2-5-20(18)14-17)10-8-19-9-11-22(26)24(19)30-13-3-12-29-16-23(27)28/h1-2,4-8,10,14,19,21,24-25H,3,9,11-13,15-16H2,(H,27,28)/t19-,21?,24-/m1/s1. The van der Waals surface area contributed by atoms with Crippen LogP contribution in [0.5, 0.6) is 0 Å². The number of rotatable bonds is 11. The van der Waals surface area contributed by atoms with Gasteiger partial charge in [0, 0.05) is 12.8 Å². The Balaban J connectivity index is 1.47. The Morgan fingerprint density at radius 1 is 1.17 bits per heavy atom. The lowest BCUT2D eigenvalue weighted by Crippen LogP contribution is -2.17. The van der Waals surface area contributed by atoms with Gasteiger partial charge in [-0.3, -0.25) is 9.59 Å². The summed E-state index contributed by atoms with van der Waals surface area (Å²) in [6.45, 7) is 0. The first-order valence-electron chi connectivity index (χ1n) is 10.3. The number of aliphatic carboxylic acids is 1. The molecule has 4 nitrogen and oxygen atoms in total. The van der Waals surface area contributed by atoms with Gasteiger partial charge in [0.2, 0.25) is 0 Å². The number of carbonyl (C=O) groups excluding carboxylic acids is 1. The van der Waals surface area contributed by atoms with E-state index < -0.39 is 12.1 Å². The maximum atomic E-state index is 12.3. The van der Waals surface area contributed by atoms with Crippen LogP contribution < -0.4 is 0 Å². The Morgan fingerprint density at radius 2 is 1.97 bits per heavy atom. The summed E-state index contributed by atoms with van der Waals surface area (Å²) in [7, 11) is 0. The van der Waals surface area contributed by atoms with Crippen LogP contribution in [0.25, 0.3) is 10.8 Å². The molecule has 1 aliphatic rings. The summed E-state index contributed by atoms with van der Waals surface area (Å²) in [6.07, 6.45) is 6.18. The monoisotopic (exact) mass is 444 g/mol. The van der Waals surface area contributed by atoms with Crippen LogP contribution in [0.1, 0.15) is 24.8 Å². The molecule has 0 spiro atoms. The van der Waals surface area contributed by atoms with Crippen LogP contribution in [0.2, 0.25) is 0 Å². The number of benzene rings is 2. The number of carboxylic acid groups (broad SMARTS) is 1. The van der Waals surface area contributed by atoms with Gasteiger partial charge < -0.3 is 10.2 Å². The molecule has 160 valence electrons. The highest BCUT2D eigenvalue weighted by Crippen LogP contribution is 2.34. The number of fused-ring (bicyclic) bond motifs is 1. The number of hydrogen-bond acceptors (Lipinski definition) is 5. The Hall–Kier alpha value is -1.76. The van der Waals surface area contributed by atoms with Gasteiger partial charge in [0.25, 0.3) is 0 Å². The van der Waals surface area contributed by atoms with Crippen molar-refractivity contribution >= 4 is 46.0 Å². The van der Waals surface area contributed by atoms with E-state index in [4.69, 9.17) is 5.11 Å². The van der Waals surface area contributed by atoms with E-state index in [2.05, 4.69) is 30.3 Å². The number of carbonyl (C=O) groups is 2. The van der Waals surface area contributed by atoms with E-state index in [-0.39, 0.29) is 22.7 Å². The molecule has 3 rings (SSSR count). The van der Waals surface area contributed by atoms with Crippen molar-refractivity contribution in [2.24, 2.45) is 5.92 Å². The quantitative estimate of drug-likeness (QED) is 0.390. The molecular weight excluding hydrogens is 416 g/mol. The molecule has 3 atom stereocenters. The first-order chi connectivity index (χ1) is 14.5. The van der Waals surface area contributed by atoms with E-state index in [9.17, 15) is 14.7 Å². The van der Waals surface area contributed by atoms with Gasteiger partial charge in [-0.2, -0.15) is 11.8 Å². The number of aliphatic hydroxyl groups is 1. The highest BCUT2D eigenvalue weighted by atomic mass is 32.2. The highest BCUT2D eigenvalue weighted by Gasteiger charge is 2.33. The second-order valence-corrected chi connectivity index (χ2v) is 9.95. The zero-order valence-electron chi connectivity index (χ0n) is 16.9. The predicted octanol–water partition coefficient (Wildman–Crippen LogP) is 4.59. The zero-order valence-corrected chi connectivity index (χ0v) is 18.5. The van der Waals surface area contributed by atoms with Gasteiger partial charge in [-0.25, -0.2) is 0 Å². The molecule has 1 aliphatic carbocycles. The molecule has 2 aromatic carbocycles. The highest BCUT2D eigenvalue weighted by molar-refractivity contribution is 8.01. The van der Waals surface area contributed by atoms with Crippen LogP contribution in [-0.2, 0) is 16.0 Å². The summed E-state index contributed by atoms with van der Waals surface area (Å²) < 4.78 is 0. The molecule has 1 fully saturated rings. The molecule has 2 aromatic rings. The van der Waals surface area contributed by atoms with Gasteiger partial charge in [0.1, 0.15) is 5.78 Å². The van der Waals surface area contributed by atoms with E-state index in [1.807, 2.05) is 24.3 Å². The molecule has 0 aromatic heterocycles. The largest absolute Gasteiger partial charge is 0.481 e. The Bertz CT molecular complexity index is 896. The molecular formula is C24H28O4S2. The third-order valence-electron chi connectivity index (χ3n) is 5.23. The number of Topliss-reactive ketones (excluding diaryl/α,β-unsaturated/α-hetero) is 1. The molecule has 0 amide bonds. The van der Waals surface area contributed by atoms with E-state index in [0.717, 1.165) is 29.9 Å². The van der Waals surface area contributed by atoms with E-state index in [0.29, 0.717) is 12.8 Å². The normalized spacial score (nSPS) is 20.2. The van der Waals surface area contributed by atoms with Gasteiger partial charge in [-0.05, 0) is 46.6 Å². The second kappa shape index (κ2) is 11.6. The lowest BCUT2D eigenvalue weighted by Gasteiger charge is -2.15. The molecule has 6 heteroatoms. The molecule has 0 heterocycles. The van der Waals surface area contributed by atoms with Gasteiger partial charge >= 0.3 is 5.97 Å². The summed E-state index contributed by atoms with van der Waals surface area (Å²) in [5, 5.41) is 21.5. The Labute approximate surface area is 186 Å². The minimum absolute atomic E-state index is 0.0430. The third-order valence-corrected chi connectivity index (χ3v) is 7.75. The predicted molar refractivity (Wildman–Crippen MR) is 126 cm³/mol. The minimum atomic E-state index is -0.786. The number of thioether (sulfide) groups is 2. The van der Waals surface area contributed by atoms with Crippen LogP contribution in [0.15, 0.2) is 54.6 Å². The van der Waals surface area contributed by atoms with Crippen LogP contribution in [0.4, 0.5) is 0 Å². The van der Waals surface area contributed by atoms with Crippen molar-refractivity contribution in [1.29, 1.82) is 0 Å². The first kappa shape index (κ1) is 22.9. The maximum Gasteiger partial charge on any atom is 0.313 e. The topological polar surface area (TPSA) is 74.6 Å². The number of carboxylic acids is 1. The van der Waals surface area contributed by atoms with E-state index in [1.54, 1.807) is 11.8 Å². The lowest BCUT2D eigenvalue weighted by atomic mass is 10.0. The zero-order chi connectivity index (χ0) is 21.3. The summed E-state index contributed by atoms with van der Waals surface area (Å²) in [6, 6.07) is 14.4. The van der Waals surface area contributed by atoms with Crippen LogP contribution in [0, 0.1) is 5.92 Å². The van der Waals surface area contributed by atoms with Gasteiger partial charge in [0.15, 0.2) is 0 Å². The summed E-state index contributed by atoms with van der Waals surface area (Å²) in [4.78, 5) is 22.8. The fourth-order valence-corrected chi connectivity index (χ4v) is 5.92. The number of hydrogen-bond donors (Lipinski definition) is 2. The third kappa shape index (κ3) is 6.89. The molecule has 2 N–H and O–H groups in total. The summed E-state index contributed by atoms with van der Waals surface area (Å²) >= 11 is 3.09. The van der Waals surface area contributed by atoms with Crippen molar-refractivity contribution in [2.75, 3.05) is 17.3 Å². The fraction of sp³-hybridized carbons (Fsp3) is 0.417. The number of allylic oxidation sites excluding steroid dienone is 1. The van der Waals surface area contributed by atoms with Crippen molar-refractivity contribution in [2.45, 2.75) is 37.0 Å². The SMILES string of the molecule is O=C(O)CSCCCS[C@H]1C(=O)CC[C@H]1C=CC(O)Cc1ccc2ccccc2c1. The average Bonchev–Trinajstić information content (AvgIpc) is 3.08. The lowest BCUT2D eigenvalue weighted by molar-refractivity contribution is -0.133.